The van der Waals surface area contributed by atoms with E-state index in [0.717, 1.165) is 154 Å². The fourth-order valence-electron chi connectivity index (χ4n) is 8.58. The van der Waals surface area contributed by atoms with Crippen LogP contribution in [0.15, 0.2) is 158 Å². The van der Waals surface area contributed by atoms with Crippen LogP contribution in [0.4, 0.5) is 0 Å². The predicted molar refractivity (Wildman–Crippen MR) is 390 cm³/mol. The highest BCUT2D eigenvalue weighted by Crippen LogP contribution is 2.45. The highest BCUT2D eigenvalue weighted by atomic mass is 31.2. The second-order valence-electron chi connectivity index (χ2n) is 23.1. The number of carbonyl (C=O) groups is 4. The Bertz CT molecular complexity index is 2450. The smallest absolute Gasteiger partial charge is 0.462 e. The number of phosphoric acid groups is 2. The van der Waals surface area contributed by atoms with Crippen molar-refractivity contribution in [3.63, 3.8) is 0 Å². The molecule has 17 nitrogen and oxygen atoms in total. The molecule has 3 N–H and O–H groups in total. The van der Waals surface area contributed by atoms with Gasteiger partial charge in [0.15, 0.2) is 12.2 Å². The Morgan fingerprint density at radius 2 is 0.615 bits per heavy atom. The summed E-state index contributed by atoms with van der Waals surface area (Å²) in [7, 11) is -10.00. The van der Waals surface area contributed by atoms with Crippen LogP contribution in [0, 0.1) is 0 Å². The molecule has 0 bridgehead atoms. The van der Waals surface area contributed by atoms with Crippen molar-refractivity contribution in [2.24, 2.45) is 0 Å². The number of phosphoric ester groups is 2. The lowest BCUT2D eigenvalue weighted by Crippen LogP contribution is -2.30. The Hall–Kier alpha value is -5.32. The number of ether oxygens (including phenoxy) is 4. The van der Waals surface area contributed by atoms with Crippen LogP contribution in [-0.4, -0.2) is 96.7 Å². The molecule has 0 aromatic rings. The molecule has 544 valence electrons. The van der Waals surface area contributed by atoms with Gasteiger partial charge in [0.05, 0.1) is 32.8 Å². The number of carbonyl (C=O) groups excluding carboxylic acids is 4. The minimum Gasteiger partial charge on any atom is -0.462 e. The second-order valence-corrected chi connectivity index (χ2v) is 26.0. The number of allylic oxidation sites excluding steroid dienone is 25. The lowest BCUT2D eigenvalue weighted by molar-refractivity contribution is -0.161. The lowest BCUT2D eigenvalue weighted by Gasteiger charge is -2.21. The molecule has 5 atom stereocenters. The Labute approximate surface area is 579 Å². The third-order valence-electron chi connectivity index (χ3n) is 14.0. The van der Waals surface area contributed by atoms with Crippen molar-refractivity contribution in [3.8, 4) is 0 Å². The monoisotopic (exact) mass is 1380 g/mol. The number of esters is 4. The Kier molecular flexibility index (Phi) is 64.4. The molecule has 0 aliphatic rings. The number of aliphatic hydroxyl groups excluding tert-OH is 1. The van der Waals surface area contributed by atoms with Crippen molar-refractivity contribution in [2.75, 3.05) is 39.6 Å². The standard InChI is InChI=1S/C77H124O17P2/c1-5-9-13-17-21-25-29-32-34-35-37-40-43-46-50-54-58-62-75(80)88-68-73(94-77(82)64-60-56-52-48-44-38-31-27-23-19-15-11-7-3)70-92-96(85,86)90-66-71(78)65-89-95(83,84)91-69-72(93-76(81)63-59-55-51-47-41-28-24-20-16-12-8-4)67-87-74(79)61-57-53-49-45-42-39-36-33-30-26-22-18-14-10-6-2/h9-10,13-15,19-22,24-27,31-34,36-37,40,42,45-46,50,53,57,71-73,78H,5-8,11-12,16-18,23,28-30,35,38-39,41,43-44,47-49,51-52,54-56,58-70H2,1-4H3,(H,83,84)(H,85,86)/b13-9-,14-10-,19-15-,24-20-,25-21-,26-22-,31-27-,34-32-,36-33-,40-37-,45-42-,50-46-,57-53-. The molecule has 0 spiro atoms. The minimum absolute atomic E-state index is 0.0585. The Balaban J connectivity index is 5.46. The summed E-state index contributed by atoms with van der Waals surface area (Å²) in [6, 6.07) is 0. The summed E-state index contributed by atoms with van der Waals surface area (Å²) < 4.78 is 68.0. The summed E-state index contributed by atoms with van der Waals surface area (Å²) in [5.41, 5.74) is 0. The van der Waals surface area contributed by atoms with E-state index in [2.05, 4.69) is 149 Å². The van der Waals surface area contributed by atoms with E-state index in [1.165, 1.54) is 6.42 Å². The third-order valence-corrected chi connectivity index (χ3v) is 15.9. The van der Waals surface area contributed by atoms with Crippen LogP contribution < -0.4 is 0 Å². The molecule has 0 aliphatic heterocycles. The molecule has 0 aromatic carbocycles. The van der Waals surface area contributed by atoms with Crippen molar-refractivity contribution in [2.45, 2.75) is 264 Å². The Morgan fingerprint density at radius 1 is 0.312 bits per heavy atom. The van der Waals surface area contributed by atoms with Crippen LogP contribution in [0.25, 0.3) is 0 Å². The van der Waals surface area contributed by atoms with Gasteiger partial charge in [-0.05, 0) is 135 Å². The highest BCUT2D eigenvalue weighted by Gasteiger charge is 2.30. The molecule has 0 saturated carbocycles. The van der Waals surface area contributed by atoms with Gasteiger partial charge in [-0.2, -0.15) is 0 Å². The first-order valence-electron chi connectivity index (χ1n) is 35.7. The fraction of sp³-hybridized carbons (Fsp3) is 0.610. The quantitative estimate of drug-likeness (QED) is 0.0169. The highest BCUT2D eigenvalue weighted by molar-refractivity contribution is 7.47. The van der Waals surface area contributed by atoms with Crippen LogP contribution in [0.5, 0.6) is 0 Å². The maximum atomic E-state index is 13.0. The lowest BCUT2D eigenvalue weighted by atomic mass is 10.1. The molecule has 0 radical (unpaired) electrons. The summed E-state index contributed by atoms with van der Waals surface area (Å²) in [6.45, 7) is 4.28. The van der Waals surface area contributed by atoms with Gasteiger partial charge in [-0.3, -0.25) is 37.3 Å². The average molecular weight is 1380 g/mol. The first kappa shape index (κ1) is 90.7. The van der Waals surface area contributed by atoms with Crippen molar-refractivity contribution in [1.29, 1.82) is 0 Å². The second kappa shape index (κ2) is 68.2. The molecule has 19 heteroatoms. The molecule has 0 heterocycles. The number of hydrogen-bond acceptors (Lipinski definition) is 15. The maximum absolute atomic E-state index is 13.0. The van der Waals surface area contributed by atoms with E-state index < -0.39 is 97.5 Å². The maximum Gasteiger partial charge on any atom is 0.472 e. The van der Waals surface area contributed by atoms with E-state index in [9.17, 15) is 43.2 Å². The molecular formula is C77H124O17P2. The molecule has 0 rings (SSSR count). The summed E-state index contributed by atoms with van der Waals surface area (Å²) in [5, 5.41) is 10.6. The number of hydrogen-bond donors (Lipinski definition) is 3. The zero-order valence-electron chi connectivity index (χ0n) is 59.0. The van der Waals surface area contributed by atoms with E-state index in [1.807, 2.05) is 30.4 Å². The van der Waals surface area contributed by atoms with E-state index in [0.29, 0.717) is 32.1 Å². The van der Waals surface area contributed by atoms with Gasteiger partial charge in [0.2, 0.25) is 0 Å². The van der Waals surface area contributed by atoms with E-state index >= 15 is 0 Å². The molecule has 0 aliphatic carbocycles. The van der Waals surface area contributed by atoms with Crippen LogP contribution in [0.2, 0.25) is 0 Å². The molecule has 0 saturated heterocycles. The van der Waals surface area contributed by atoms with Gasteiger partial charge < -0.3 is 33.8 Å². The van der Waals surface area contributed by atoms with Crippen LogP contribution in [0.1, 0.15) is 246 Å². The van der Waals surface area contributed by atoms with Crippen molar-refractivity contribution in [3.05, 3.63) is 158 Å². The van der Waals surface area contributed by atoms with Crippen molar-refractivity contribution in [1.82, 2.24) is 0 Å². The van der Waals surface area contributed by atoms with Crippen LogP contribution in [-0.2, 0) is 65.4 Å². The third kappa shape index (κ3) is 67.3. The van der Waals surface area contributed by atoms with Gasteiger partial charge in [0.25, 0.3) is 0 Å². The fourth-order valence-corrected chi connectivity index (χ4v) is 10.2. The van der Waals surface area contributed by atoms with Gasteiger partial charge in [0, 0.05) is 19.3 Å². The molecule has 0 aromatic heterocycles. The first-order chi connectivity index (χ1) is 46.7. The van der Waals surface area contributed by atoms with E-state index in [1.54, 1.807) is 6.08 Å². The number of aliphatic hydroxyl groups is 1. The molecule has 0 fully saturated rings. The molecule has 96 heavy (non-hydrogen) atoms. The van der Waals surface area contributed by atoms with Gasteiger partial charge in [-0.1, -0.05) is 243 Å². The summed E-state index contributed by atoms with van der Waals surface area (Å²) >= 11 is 0. The Morgan fingerprint density at radius 3 is 1.01 bits per heavy atom. The predicted octanol–water partition coefficient (Wildman–Crippen LogP) is 20.1. The van der Waals surface area contributed by atoms with E-state index in [4.69, 9.17) is 37.0 Å². The van der Waals surface area contributed by atoms with Crippen LogP contribution >= 0.6 is 15.6 Å². The van der Waals surface area contributed by atoms with Crippen LogP contribution in [0.3, 0.4) is 0 Å². The van der Waals surface area contributed by atoms with Gasteiger partial charge in [-0.25, -0.2) is 9.13 Å². The largest absolute Gasteiger partial charge is 0.472 e. The summed E-state index contributed by atoms with van der Waals surface area (Å²) in [6.07, 6.45) is 77.3. The minimum atomic E-state index is -5.00. The molecule has 5 unspecified atom stereocenters. The topological polar surface area (TPSA) is 237 Å². The van der Waals surface area contributed by atoms with Gasteiger partial charge in [0.1, 0.15) is 19.3 Å². The van der Waals surface area contributed by atoms with Crippen molar-refractivity contribution < 1.29 is 80.2 Å². The molecule has 0 amide bonds. The first-order valence-corrected chi connectivity index (χ1v) is 38.7. The van der Waals surface area contributed by atoms with E-state index in [-0.39, 0.29) is 25.7 Å². The number of rotatable bonds is 65. The van der Waals surface area contributed by atoms with Gasteiger partial charge in [-0.15, -0.1) is 0 Å². The zero-order chi connectivity index (χ0) is 70.4. The molecular weight excluding hydrogens is 1260 g/mol. The normalized spacial score (nSPS) is 14.9. The number of unbranched alkanes of at least 4 members (excludes halogenated alkanes) is 14. The summed E-state index contributed by atoms with van der Waals surface area (Å²) in [4.78, 5) is 72.5. The average Bonchev–Trinajstić information content (AvgIpc) is 1.17. The zero-order valence-corrected chi connectivity index (χ0v) is 60.8. The summed E-state index contributed by atoms with van der Waals surface area (Å²) in [5.74, 6) is -2.44. The van der Waals surface area contributed by atoms with Gasteiger partial charge >= 0.3 is 39.5 Å². The van der Waals surface area contributed by atoms with Crippen molar-refractivity contribution >= 4 is 39.5 Å². The SMILES string of the molecule is CC/C=C\C/C=C\C/C=C\C/C=C\C/C=C\CCCC(=O)OCC(COP(=O)(O)OCC(O)COP(=O)(O)OCC(COC(=O)C/C=C\C/C=C\C/C=C\C/C=C\C/C=C\CC)OC(=O)CCCCCCC/C=C\CCCC)OC(=O)CCCCCCC/C=C\C/C=C\CCC.